The van der Waals surface area contributed by atoms with Crippen LogP contribution in [0.25, 0.3) is 22.6 Å². The fourth-order valence-corrected chi connectivity index (χ4v) is 6.70. The van der Waals surface area contributed by atoms with Gasteiger partial charge in [0.25, 0.3) is 11.1 Å². The van der Waals surface area contributed by atoms with E-state index in [0.717, 1.165) is 27.9 Å². The number of carbonyl (C=O) groups is 2. The van der Waals surface area contributed by atoms with Crippen LogP contribution in [-0.4, -0.2) is 39.9 Å². The van der Waals surface area contributed by atoms with Crippen LogP contribution in [0.5, 0.6) is 0 Å². The van der Waals surface area contributed by atoms with Crippen LogP contribution in [0.2, 0.25) is 0 Å². The van der Waals surface area contributed by atoms with Gasteiger partial charge in [0.15, 0.2) is 18.2 Å². The Hall–Kier alpha value is -4.74. The van der Waals surface area contributed by atoms with E-state index < -0.39 is 24.3 Å². The van der Waals surface area contributed by atoms with Crippen molar-refractivity contribution < 1.29 is 33.3 Å². The summed E-state index contributed by atoms with van der Waals surface area (Å²) in [6, 6.07) is 34.9. The lowest BCUT2D eigenvalue weighted by Crippen LogP contribution is -2.38. The topological polar surface area (TPSA) is 120 Å². The number of amides is 1. The maximum atomic E-state index is 12.7. The average molecular weight is 679 g/mol. The van der Waals surface area contributed by atoms with Crippen LogP contribution >= 0.6 is 11.8 Å². The highest BCUT2D eigenvalue weighted by Gasteiger charge is 2.39. The lowest BCUT2D eigenvalue weighted by atomic mass is 9.91. The second kappa shape index (κ2) is 15.7. The van der Waals surface area contributed by atoms with Crippen molar-refractivity contribution in [2.24, 2.45) is 5.92 Å². The molecule has 6 rings (SSSR count). The Morgan fingerprint density at radius 2 is 1.59 bits per heavy atom. The largest absolute Gasteiger partial charge is 0.453 e. The first-order chi connectivity index (χ1) is 23.8. The summed E-state index contributed by atoms with van der Waals surface area (Å²) in [5.41, 5.74) is 5.68. The predicted octanol–water partition coefficient (Wildman–Crippen LogP) is 7.97. The van der Waals surface area contributed by atoms with E-state index in [1.165, 1.54) is 25.6 Å². The zero-order chi connectivity index (χ0) is 34.3. The summed E-state index contributed by atoms with van der Waals surface area (Å²) < 4.78 is 24.7. The van der Waals surface area contributed by atoms with Gasteiger partial charge in [-0.2, -0.15) is 0 Å². The third-order valence-corrected chi connectivity index (χ3v) is 9.24. The molecule has 0 spiro atoms. The Morgan fingerprint density at radius 3 is 2.27 bits per heavy atom. The number of esters is 1. The third-order valence-electron chi connectivity index (χ3n) is 8.32. The third kappa shape index (κ3) is 8.29. The molecule has 10 heteroatoms. The second-order valence-electron chi connectivity index (χ2n) is 11.9. The molecule has 5 atom stereocenters. The van der Waals surface area contributed by atoms with Crippen LogP contribution < -0.4 is 5.32 Å². The number of benzene rings is 4. The van der Waals surface area contributed by atoms with E-state index >= 15 is 0 Å². The van der Waals surface area contributed by atoms with E-state index in [4.69, 9.17) is 23.6 Å². The Kier molecular flexibility index (Phi) is 10.9. The molecule has 252 valence electrons. The molecule has 1 aliphatic rings. The normalized spacial score (nSPS) is 19.6. The number of anilines is 1. The molecule has 1 fully saturated rings. The first-order valence-corrected chi connectivity index (χ1v) is 17.1. The molecule has 1 amide bonds. The smallest absolute Gasteiger partial charge is 0.303 e. The van der Waals surface area contributed by atoms with Gasteiger partial charge in [-0.3, -0.25) is 9.59 Å². The van der Waals surface area contributed by atoms with Gasteiger partial charge in [-0.1, -0.05) is 116 Å². The van der Waals surface area contributed by atoms with E-state index in [1.54, 1.807) is 12.1 Å². The molecule has 1 aromatic heterocycles. The highest BCUT2D eigenvalue weighted by Crippen LogP contribution is 2.44. The number of aliphatic hydroxyl groups excluding tert-OH is 1. The van der Waals surface area contributed by atoms with Gasteiger partial charge in [-0.25, -0.2) is 4.98 Å². The maximum absolute atomic E-state index is 12.7. The fourth-order valence-electron chi connectivity index (χ4n) is 5.71. The fraction of sp³-hybridized carbons (Fsp3) is 0.256. The van der Waals surface area contributed by atoms with Gasteiger partial charge in [-0.15, -0.1) is 0 Å². The Balaban J connectivity index is 1.26. The van der Waals surface area contributed by atoms with Gasteiger partial charge in [0.1, 0.15) is 5.69 Å². The van der Waals surface area contributed by atoms with Crippen molar-refractivity contribution in [1.29, 1.82) is 0 Å². The van der Waals surface area contributed by atoms with Gasteiger partial charge in [0.05, 0.1) is 18.8 Å². The summed E-state index contributed by atoms with van der Waals surface area (Å²) in [6.45, 7) is 4.83. The standard InChI is InChI=1S/C39H38N2O7S/c1-24-33(23-49-39-41-34(28-11-6-4-7-12-28)36(48-39)29-13-8-5-9-14-29)46-38(47-35(24)30-19-17-27(22-42)18-20-30)31-15-10-16-32(21-31)40-37(44)25(2)45-26(3)43/h4-21,24-25,33,35,38,42H,22-23H2,1-3H3,(H,40,44). The van der Waals surface area contributed by atoms with Crippen LogP contribution in [0.3, 0.4) is 0 Å². The van der Waals surface area contributed by atoms with Gasteiger partial charge < -0.3 is 29.1 Å². The van der Waals surface area contributed by atoms with Crippen molar-refractivity contribution in [3.05, 3.63) is 126 Å². The number of hydrogen-bond acceptors (Lipinski definition) is 9. The number of oxazole rings is 1. The number of thioether (sulfide) groups is 1. The molecule has 2 N–H and O–H groups in total. The number of nitrogens with one attached hydrogen (secondary N) is 1. The number of carbonyl (C=O) groups excluding carboxylic acids is 2. The summed E-state index contributed by atoms with van der Waals surface area (Å²) >= 11 is 1.49. The van der Waals surface area contributed by atoms with Crippen LogP contribution in [0.4, 0.5) is 5.69 Å². The van der Waals surface area contributed by atoms with Gasteiger partial charge in [0, 0.05) is 41.0 Å². The predicted molar refractivity (Wildman–Crippen MR) is 187 cm³/mol. The summed E-state index contributed by atoms with van der Waals surface area (Å²) in [7, 11) is 0. The zero-order valence-corrected chi connectivity index (χ0v) is 28.3. The van der Waals surface area contributed by atoms with Crippen molar-refractivity contribution in [2.45, 2.75) is 57.2 Å². The van der Waals surface area contributed by atoms with Crippen LogP contribution in [0.15, 0.2) is 119 Å². The van der Waals surface area contributed by atoms with Crippen molar-refractivity contribution in [3.8, 4) is 22.6 Å². The number of rotatable bonds is 11. The summed E-state index contributed by atoms with van der Waals surface area (Å²) in [5.74, 6) is 0.197. The molecule has 4 aromatic carbocycles. The monoisotopic (exact) mass is 678 g/mol. The lowest BCUT2D eigenvalue weighted by Gasteiger charge is -2.41. The minimum atomic E-state index is -0.947. The molecule has 0 aliphatic carbocycles. The summed E-state index contributed by atoms with van der Waals surface area (Å²) in [4.78, 5) is 28.9. The number of ether oxygens (including phenoxy) is 3. The molecule has 0 radical (unpaired) electrons. The van der Waals surface area contributed by atoms with Crippen LogP contribution in [-0.2, 0) is 30.4 Å². The van der Waals surface area contributed by atoms with E-state index in [1.807, 2.05) is 97.1 Å². The number of nitrogens with zero attached hydrogens (tertiary/aromatic N) is 1. The molecular weight excluding hydrogens is 641 g/mol. The Labute approximate surface area is 289 Å². The molecule has 1 saturated heterocycles. The molecule has 9 nitrogen and oxygen atoms in total. The summed E-state index contributed by atoms with van der Waals surface area (Å²) in [5, 5.41) is 13.0. The molecule has 5 aromatic rings. The lowest BCUT2D eigenvalue weighted by molar-refractivity contribution is -0.268. The van der Waals surface area contributed by atoms with E-state index in [9.17, 15) is 14.7 Å². The van der Waals surface area contributed by atoms with Crippen LogP contribution in [0.1, 0.15) is 49.9 Å². The number of aliphatic hydroxyl groups is 1. The zero-order valence-electron chi connectivity index (χ0n) is 27.4. The van der Waals surface area contributed by atoms with Gasteiger partial charge in [0.2, 0.25) is 0 Å². The average Bonchev–Trinajstić information content (AvgIpc) is 3.56. The second-order valence-corrected chi connectivity index (χ2v) is 12.9. The minimum Gasteiger partial charge on any atom is -0.453 e. The van der Waals surface area contributed by atoms with E-state index in [-0.39, 0.29) is 24.7 Å². The quantitative estimate of drug-likeness (QED) is 0.106. The van der Waals surface area contributed by atoms with Crippen molar-refractivity contribution in [3.63, 3.8) is 0 Å². The highest BCUT2D eigenvalue weighted by atomic mass is 32.2. The first kappa shape index (κ1) is 34.1. The summed E-state index contributed by atoms with van der Waals surface area (Å²) in [6.07, 6.45) is -2.31. The van der Waals surface area contributed by atoms with Crippen molar-refractivity contribution in [1.82, 2.24) is 4.98 Å². The molecule has 1 aliphatic heterocycles. The van der Waals surface area contributed by atoms with Crippen LogP contribution in [0, 0.1) is 5.92 Å². The molecular formula is C39H38N2O7S. The van der Waals surface area contributed by atoms with Crippen molar-refractivity contribution in [2.75, 3.05) is 11.1 Å². The highest BCUT2D eigenvalue weighted by molar-refractivity contribution is 7.99. The van der Waals surface area contributed by atoms with Gasteiger partial charge in [-0.05, 0) is 30.2 Å². The Bertz CT molecular complexity index is 1810. The molecule has 2 heterocycles. The number of aromatic nitrogens is 1. The molecule has 0 saturated carbocycles. The first-order valence-electron chi connectivity index (χ1n) is 16.1. The van der Waals surface area contributed by atoms with Gasteiger partial charge >= 0.3 is 5.97 Å². The molecule has 0 bridgehead atoms. The SMILES string of the molecule is CC(=O)OC(C)C(=O)Nc1cccc(C2OC(CSc3nc(-c4ccccc4)c(-c4ccccc4)o3)C(C)C(c3ccc(CO)cc3)O2)c1. The number of hydrogen-bond donors (Lipinski definition) is 2. The minimum absolute atomic E-state index is 0.0486. The van der Waals surface area contributed by atoms with E-state index in [2.05, 4.69) is 12.2 Å². The molecule has 49 heavy (non-hydrogen) atoms. The van der Waals surface area contributed by atoms with Crippen molar-refractivity contribution >= 4 is 29.3 Å². The molecule has 5 unspecified atom stereocenters. The maximum Gasteiger partial charge on any atom is 0.303 e. The Morgan fingerprint density at radius 1 is 0.898 bits per heavy atom. The van der Waals surface area contributed by atoms with E-state index in [0.29, 0.717) is 28.0 Å².